The second kappa shape index (κ2) is 7.76. The van der Waals surface area contributed by atoms with Crippen molar-refractivity contribution in [2.75, 3.05) is 6.54 Å². The third-order valence-corrected chi connectivity index (χ3v) is 4.86. The normalized spacial score (nSPS) is 17.0. The summed E-state index contributed by atoms with van der Waals surface area (Å²) in [5.41, 5.74) is 2.27. The van der Waals surface area contributed by atoms with Crippen LogP contribution in [-0.2, 0) is 4.79 Å². The average Bonchev–Trinajstić information content (AvgIpc) is 2.73. The largest absolute Gasteiger partial charge is 0.293 e. The Morgan fingerprint density at radius 1 is 1.19 bits per heavy atom. The first kappa shape index (κ1) is 16.2. The second-order valence-electron chi connectivity index (χ2n) is 5.30. The molecule has 1 heterocycles. The van der Waals surface area contributed by atoms with Crippen LogP contribution in [0.5, 0.6) is 0 Å². The summed E-state index contributed by atoms with van der Waals surface area (Å²) in [4.78, 5) is 14.9. The topological polar surface area (TPSA) is 20.3 Å². The molecule has 0 aliphatic carbocycles. The lowest BCUT2D eigenvalue weighted by atomic mass is 10.1. The van der Waals surface area contributed by atoms with Crippen molar-refractivity contribution in [1.29, 1.82) is 0 Å². The van der Waals surface area contributed by atoms with E-state index in [4.69, 9.17) is 12.2 Å². The van der Waals surface area contributed by atoms with Crippen LogP contribution in [0.3, 0.4) is 0 Å². The lowest BCUT2D eigenvalue weighted by Gasteiger charge is -2.13. The lowest BCUT2D eigenvalue weighted by Crippen LogP contribution is -2.28. The van der Waals surface area contributed by atoms with E-state index in [2.05, 4.69) is 26.0 Å². The highest BCUT2D eigenvalue weighted by atomic mass is 32.2. The highest BCUT2D eigenvalue weighted by Gasteiger charge is 2.31. The molecule has 2 nitrogen and oxygen atoms in total. The average molecular weight is 319 g/mol. The molecule has 0 saturated carbocycles. The molecular weight excluding hydrogens is 298 g/mol. The third kappa shape index (κ3) is 4.42. The highest BCUT2D eigenvalue weighted by Crippen LogP contribution is 2.32. The van der Waals surface area contributed by atoms with E-state index in [9.17, 15) is 4.79 Å². The summed E-state index contributed by atoms with van der Waals surface area (Å²) in [6, 6.07) is 8.17. The van der Waals surface area contributed by atoms with Gasteiger partial charge in [0.1, 0.15) is 4.32 Å². The van der Waals surface area contributed by atoms with Crippen molar-refractivity contribution in [1.82, 2.24) is 4.90 Å². The number of thiocarbonyl (C=S) groups is 1. The second-order valence-corrected chi connectivity index (χ2v) is 6.98. The molecule has 2 rings (SSSR count). The molecule has 0 unspecified atom stereocenters. The van der Waals surface area contributed by atoms with E-state index in [0.29, 0.717) is 4.32 Å². The Morgan fingerprint density at radius 3 is 2.57 bits per heavy atom. The van der Waals surface area contributed by atoms with E-state index < -0.39 is 0 Å². The molecular formula is C17H21NOS2. The van der Waals surface area contributed by atoms with Gasteiger partial charge in [-0.05, 0) is 25.0 Å². The number of carbonyl (C=O) groups excluding carboxylic acids is 1. The van der Waals surface area contributed by atoms with Crippen molar-refractivity contribution in [3.8, 4) is 0 Å². The van der Waals surface area contributed by atoms with Gasteiger partial charge in [0, 0.05) is 6.54 Å². The molecule has 0 radical (unpaired) electrons. The number of hydrogen-bond acceptors (Lipinski definition) is 3. The molecule has 1 saturated heterocycles. The molecule has 1 aromatic carbocycles. The van der Waals surface area contributed by atoms with Crippen LogP contribution in [0, 0.1) is 6.92 Å². The fraction of sp³-hybridized carbons (Fsp3) is 0.412. The molecule has 21 heavy (non-hydrogen) atoms. The smallest absolute Gasteiger partial charge is 0.266 e. The number of thioether (sulfide) groups is 1. The molecule has 0 atom stereocenters. The van der Waals surface area contributed by atoms with Crippen LogP contribution in [-0.4, -0.2) is 21.7 Å². The monoisotopic (exact) mass is 319 g/mol. The van der Waals surface area contributed by atoms with Gasteiger partial charge >= 0.3 is 0 Å². The van der Waals surface area contributed by atoms with Gasteiger partial charge in [-0.25, -0.2) is 0 Å². The lowest BCUT2D eigenvalue weighted by molar-refractivity contribution is -0.122. The summed E-state index contributed by atoms with van der Waals surface area (Å²) in [5.74, 6) is 0.0575. The Morgan fingerprint density at radius 2 is 1.90 bits per heavy atom. The van der Waals surface area contributed by atoms with Crippen molar-refractivity contribution >= 4 is 40.3 Å². The van der Waals surface area contributed by atoms with Crippen LogP contribution in [0.2, 0.25) is 0 Å². The SMILES string of the molecule is CCCCCCN1C(=O)/C(=C\c2ccc(C)cc2)SC1=S. The Labute approximate surface area is 136 Å². The molecule has 4 heteroatoms. The van der Waals surface area contributed by atoms with Gasteiger partial charge in [0.05, 0.1) is 4.91 Å². The number of unbranched alkanes of at least 4 members (excludes halogenated alkanes) is 3. The molecule has 1 aliphatic heterocycles. The summed E-state index contributed by atoms with van der Waals surface area (Å²) in [7, 11) is 0. The molecule has 112 valence electrons. The van der Waals surface area contributed by atoms with E-state index in [-0.39, 0.29) is 5.91 Å². The van der Waals surface area contributed by atoms with Crippen molar-refractivity contribution in [3.05, 3.63) is 40.3 Å². The molecule has 1 aromatic rings. The number of nitrogens with zero attached hydrogens (tertiary/aromatic N) is 1. The van der Waals surface area contributed by atoms with Crippen molar-refractivity contribution < 1.29 is 4.79 Å². The zero-order valence-electron chi connectivity index (χ0n) is 12.6. The summed E-state index contributed by atoms with van der Waals surface area (Å²) in [6.45, 7) is 4.99. The Balaban J connectivity index is 2.01. The van der Waals surface area contributed by atoms with Gasteiger partial charge in [0.15, 0.2) is 0 Å². The van der Waals surface area contributed by atoms with Crippen molar-refractivity contribution in [2.45, 2.75) is 39.5 Å². The molecule has 0 spiro atoms. The number of benzene rings is 1. The molecule has 0 N–H and O–H groups in total. The fourth-order valence-electron chi connectivity index (χ4n) is 2.20. The van der Waals surface area contributed by atoms with Crippen molar-refractivity contribution in [3.63, 3.8) is 0 Å². The van der Waals surface area contributed by atoms with E-state index in [1.54, 1.807) is 4.90 Å². The quantitative estimate of drug-likeness (QED) is 0.428. The Hall–Kier alpha value is -1.13. The van der Waals surface area contributed by atoms with E-state index >= 15 is 0 Å². The van der Waals surface area contributed by atoms with Gasteiger partial charge in [0.2, 0.25) is 0 Å². The van der Waals surface area contributed by atoms with Gasteiger partial charge in [0.25, 0.3) is 5.91 Å². The molecule has 1 amide bonds. The minimum atomic E-state index is 0.0575. The van der Waals surface area contributed by atoms with Crippen LogP contribution in [0.4, 0.5) is 0 Å². The number of amides is 1. The molecule has 0 aromatic heterocycles. The van der Waals surface area contributed by atoms with Gasteiger partial charge in [-0.15, -0.1) is 0 Å². The number of hydrogen-bond donors (Lipinski definition) is 0. The molecule has 1 fully saturated rings. The minimum absolute atomic E-state index is 0.0575. The van der Waals surface area contributed by atoms with Crippen LogP contribution in [0.1, 0.15) is 43.7 Å². The minimum Gasteiger partial charge on any atom is -0.293 e. The van der Waals surface area contributed by atoms with Crippen LogP contribution < -0.4 is 0 Å². The molecule has 1 aliphatic rings. The summed E-state index contributed by atoms with van der Waals surface area (Å²) in [5, 5.41) is 0. The van der Waals surface area contributed by atoms with E-state index in [0.717, 1.165) is 29.9 Å². The predicted molar refractivity (Wildman–Crippen MR) is 95.2 cm³/mol. The van der Waals surface area contributed by atoms with Gasteiger partial charge in [-0.2, -0.15) is 0 Å². The van der Waals surface area contributed by atoms with E-state index in [1.165, 1.54) is 30.2 Å². The highest BCUT2D eigenvalue weighted by molar-refractivity contribution is 8.26. The van der Waals surface area contributed by atoms with Crippen LogP contribution in [0.15, 0.2) is 29.2 Å². The van der Waals surface area contributed by atoms with Crippen molar-refractivity contribution in [2.24, 2.45) is 0 Å². The Kier molecular flexibility index (Phi) is 6.00. The predicted octanol–water partition coefficient (Wildman–Crippen LogP) is 4.78. The van der Waals surface area contributed by atoms with Gasteiger partial charge < -0.3 is 0 Å². The molecule has 0 bridgehead atoms. The number of carbonyl (C=O) groups is 1. The standard InChI is InChI=1S/C17H21NOS2/c1-3-4-5-6-11-18-16(19)15(21-17(18)20)12-14-9-7-13(2)8-10-14/h7-10,12H,3-6,11H2,1-2H3/b15-12+. The third-order valence-electron chi connectivity index (χ3n) is 3.48. The Bertz CT molecular complexity index is 548. The first-order chi connectivity index (χ1) is 10.1. The number of aryl methyl sites for hydroxylation is 1. The van der Waals surface area contributed by atoms with Crippen LogP contribution in [0.25, 0.3) is 6.08 Å². The summed E-state index contributed by atoms with van der Waals surface area (Å²) >= 11 is 6.75. The van der Waals surface area contributed by atoms with Gasteiger partial charge in [-0.3, -0.25) is 9.69 Å². The maximum absolute atomic E-state index is 12.4. The van der Waals surface area contributed by atoms with Crippen LogP contribution >= 0.6 is 24.0 Å². The maximum Gasteiger partial charge on any atom is 0.266 e. The first-order valence-electron chi connectivity index (χ1n) is 7.44. The number of rotatable bonds is 6. The van der Waals surface area contributed by atoms with Gasteiger partial charge in [-0.1, -0.05) is 80.0 Å². The first-order valence-corrected chi connectivity index (χ1v) is 8.66. The zero-order valence-corrected chi connectivity index (χ0v) is 14.2. The summed E-state index contributed by atoms with van der Waals surface area (Å²) in [6.07, 6.45) is 6.53. The zero-order chi connectivity index (χ0) is 15.2. The maximum atomic E-state index is 12.4. The summed E-state index contributed by atoms with van der Waals surface area (Å²) < 4.78 is 0.690. The fourth-order valence-corrected chi connectivity index (χ4v) is 3.51. The van der Waals surface area contributed by atoms with E-state index in [1.807, 2.05) is 18.2 Å².